The lowest BCUT2D eigenvalue weighted by Crippen LogP contribution is -2.06. The summed E-state index contributed by atoms with van der Waals surface area (Å²) in [7, 11) is 0. The van der Waals surface area contributed by atoms with E-state index in [1.807, 2.05) is 12.1 Å². The molecule has 13 heavy (non-hydrogen) atoms. The molecular weight excluding hydrogens is 162 g/mol. The van der Waals surface area contributed by atoms with Crippen molar-refractivity contribution in [1.82, 2.24) is 0 Å². The van der Waals surface area contributed by atoms with Crippen molar-refractivity contribution in [1.29, 1.82) is 0 Å². The van der Waals surface area contributed by atoms with Crippen LogP contribution in [-0.2, 0) is 6.42 Å². The first-order chi connectivity index (χ1) is 6.33. The smallest absolute Gasteiger partial charge is 0.0480 e. The Kier molecular flexibility index (Phi) is 1.95. The second-order valence-corrected chi connectivity index (χ2v) is 3.46. The summed E-state index contributed by atoms with van der Waals surface area (Å²) >= 11 is 0. The molecule has 3 heteroatoms. The van der Waals surface area contributed by atoms with Crippen molar-refractivity contribution in [3.8, 4) is 0 Å². The Morgan fingerprint density at radius 1 is 1.46 bits per heavy atom. The van der Waals surface area contributed by atoms with Crippen LogP contribution in [0, 0.1) is 0 Å². The molecule has 1 aromatic carbocycles. The molecule has 0 saturated carbocycles. The van der Waals surface area contributed by atoms with Crippen LogP contribution >= 0.6 is 0 Å². The second-order valence-electron chi connectivity index (χ2n) is 3.46. The van der Waals surface area contributed by atoms with E-state index in [2.05, 4.69) is 29.1 Å². The van der Waals surface area contributed by atoms with Gasteiger partial charge in [0, 0.05) is 11.0 Å². The van der Waals surface area contributed by atoms with Gasteiger partial charge >= 0.3 is 0 Å². The molecule has 0 saturated heterocycles. The van der Waals surface area contributed by atoms with Crippen LogP contribution in [0.3, 0.4) is 0 Å². The fourth-order valence-electron chi connectivity index (χ4n) is 1.98. The van der Waals surface area contributed by atoms with E-state index in [0.29, 0.717) is 5.92 Å². The molecule has 2 atom stereocenters. The highest BCUT2D eigenvalue weighted by Crippen LogP contribution is 2.34. The van der Waals surface area contributed by atoms with Gasteiger partial charge in [-0.25, -0.2) is 0 Å². The van der Waals surface area contributed by atoms with Crippen molar-refractivity contribution < 1.29 is 0 Å². The van der Waals surface area contributed by atoms with E-state index in [0.717, 1.165) is 6.42 Å². The third kappa shape index (κ3) is 1.27. The standard InChI is InChI=1S/C10H11N3/c1-7-9-5-3-2-4-8(9)6-10(7)12-13-11/h2-5,7,10H,6H2,1H3/t7-,10-/m1/s1. The van der Waals surface area contributed by atoms with Crippen LogP contribution in [0.1, 0.15) is 24.0 Å². The summed E-state index contributed by atoms with van der Waals surface area (Å²) < 4.78 is 0. The van der Waals surface area contributed by atoms with Crippen molar-refractivity contribution >= 4 is 0 Å². The molecule has 0 fully saturated rings. The van der Waals surface area contributed by atoms with Gasteiger partial charge in [0.1, 0.15) is 0 Å². The van der Waals surface area contributed by atoms with Crippen molar-refractivity contribution in [3.63, 3.8) is 0 Å². The van der Waals surface area contributed by atoms with Crippen LogP contribution in [0.15, 0.2) is 29.4 Å². The molecule has 1 aliphatic rings. The zero-order chi connectivity index (χ0) is 9.26. The minimum atomic E-state index is 0.113. The van der Waals surface area contributed by atoms with Gasteiger partial charge in [-0.3, -0.25) is 0 Å². The fraction of sp³-hybridized carbons (Fsp3) is 0.400. The highest BCUT2D eigenvalue weighted by molar-refractivity contribution is 5.37. The number of fused-ring (bicyclic) bond motifs is 1. The maximum absolute atomic E-state index is 8.38. The van der Waals surface area contributed by atoms with E-state index in [1.54, 1.807) is 0 Å². The summed E-state index contributed by atoms with van der Waals surface area (Å²) in [6, 6.07) is 8.41. The summed E-state index contributed by atoms with van der Waals surface area (Å²) in [5.41, 5.74) is 11.0. The van der Waals surface area contributed by atoms with Gasteiger partial charge in [-0.2, -0.15) is 0 Å². The second kappa shape index (κ2) is 3.11. The summed E-state index contributed by atoms with van der Waals surface area (Å²) in [6.45, 7) is 2.12. The van der Waals surface area contributed by atoms with Crippen molar-refractivity contribution in [3.05, 3.63) is 45.8 Å². The molecule has 0 radical (unpaired) electrons. The Balaban J connectivity index is 2.37. The molecule has 0 N–H and O–H groups in total. The topological polar surface area (TPSA) is 48.8 Å². The predicted octanol–water partition coefficient (Wildman–Crippen LogP) is 3.03. The first-order valence-corrected chi connectivity index (χ1v) is 4.45. The minimum Gasteiger partial charge on any atom is -0.0897 e. The van der Waals surface area contributed by atoms with Crippen LogP contribution in [0.4, 0.5) is 0 Å². The van der Waals surface area contributed by atoms with E-state index in [4.69, 9.17) is 5.53 Å². The third-order valence-corrected chi connectivity index (χ3v) is 2.75. The molecular formula is C10H11N3. The average molecular weight is 173 g/mol. The maximum Gasteiger partial charge on any atom is 0.0480 e. The Morgan fingerprint density at radius 2 is 2.23 bits per heavy atom. The number of rotatable bonds is 1. The lowest BCUT2D eigenvalue weighted by molar-refractivity contribution is 0.611. The summed E-state index contributed by atoms with van der Waals surface area (Å²) in [5, 5.41) is 3.80. The van der Waals surface area contributed by atoms with Gasteiger partial charge in [0.05, 0.1) is 0 Å². The van der Waals surface area contributed by atoms with E-state index < -0.39 is 0 Å². The van der Waals surface area contributed by atoms with Gasteiger partial charge in [-0.15, -0.1) is 0 Å². The third-order valence-electron chi connectivity index (χ3n) is 2.75. The van der Waals surface area contributed by atoms with Crippen LogP contribution in [0.2, 0.25) is 0 Å². The average Bonchev–Trinajstić information content (AvgIpc) is 2.46. The molecule has 2 rings (SSSR count). The molecule has 0 heterocycles. The zero-order valence-corrected chi connectivity index (χ0v) is 7.51. The minimum absolute atomic E-state index is 0.113. The molecule has 0 bridgehead atoms. The molecule has 1 aromatic rings. The Morgan fingerprint density at radius 3 is 2.92 bits per heavy atom. The Hall–Kier alpha value is -1.47. The molecule has 0 amide bonds. The largest absolute Gasteiger partial charge is 0.0897 e. The number of nitrogens with zero attached hydrogens (tertiary/aromatic N) is 3. The van der Waals surface area contributed by atoms with Crippen LogP contribution in [0.5, 0.6) is 0 Å². The maximum atomic E-state index is 8.38. The number of hydrogen-bond acceptors (Lipinski definition) is 1. The molecule has 1 aliphatic carbocycles. The summed E-state index contributed by atoms with van der Waals surface area (Å²) in [6.07, 6.45) is 0.890. The lowest BCUT2D eigenvalue weighted by Gasteiger charge is -2.08. The van der Waals surface area contributed by atoms with Crippen LogP contribution in [0.25, 0.3) is 10.4 Å². The quantitative estimate of drug-likeness (QED) is 0.356. The Labute approximate surface area is 77.0 Å². The fourth-order valence-corrected chi connectivity index (χ4v) is 1.98. The normalized spacial score (nSPS) is 25.0. The highest BCUT2D eigenvalue weighted by atomic mass is 15.2. The molecule has 0 aliphatic heterocycles. The van der Waals surface area contributed by atoms with E-state index >= 15 is 0 Å². The van der Waals surface area contributed by atoms with Gasteiger partial charge < -0.3 is 0 Å². The summed E-state index contributed by atoms with van der Waals surface area (Å²) in [5.74, 6) is 0.368. The summed E-state index contributed by atoms with van der Waals surface area (Å²) in [4.78, 5) is 2.88. The van der Waals surface area contributed by atoms with E-state index in [1.165, 1.54) is 11.1 Å². The Bertz CT molecular complexity index is 366. The van der Waals surface area contributed by atoms with Gasteiger partial charge in [0.2, 0.25) is 0 Å². The highest BCUT2D eigenvalue weighted by Gasteiger charge is 2.27. The van der Waals surface area contributed by atoms with Gasteiger partial charge in [0.25, 0.3) is 0 Å². The SMILES string of the molecule is C[C@@H]1c2ccccc2C[C@H]1N=[N+]=[N-]. The van der Waals surface area contributed by atoms with E-state index in [-0.39, 0.29) is 6.04 Å². The molecule has 0 aromatic heterocycles. The molecule has 3 nitrogen and oxygen atoms in total. The van der Waals surface area contributed by atoms with Crippen LogP contribution in [-0.4, -0.2) is 6.04 Å². The number of azide groups is 1. The lowest BCUT2D eigenvalue weighted by atomic mass is 10.0. The molecule has 0 unspecified atom stereocenters. The first-order valence-electron chi connectivity index (χ1n) is 4.45. The number of hydrogen-bond donors (Lipinski definition) is 0. The predicted molar refractivity (Wildman–Crippen MR) is 51.5 cm³/mol. The van der Waals surface area contributed by atoms with Crippen molar-refractivity contribution in [2.24, 2.45) is 5.11 Å². The van der Waals surface area contributed by atoms with Crippen molar-refractivity contribution in [2.75, 3.05) is 0 Å². The monoisotopic (exact) mass is 173 g/mol. The van der Waals surface area contributed by atoms with Gasteiger partial charge in [-0.05, 0) is 29.0 Å². The number of benzene rings is 1. The molecule has 0 spiro atoms. The van der Waals surface area contributed by atoms with E-state index in [9.17, 15) is 0 Å². The van der Waals surface area contributed by atoms with Gasteiger partial charge in [-0.1, -0.05) is 36.3 Å². The molecule has 66 valence electrons. The van der Waals surface area contributed by atoms with Crippen molar-refractivity contribution in [2.45, 2.75) is 25.3 Å². The zero-order valence-electron chi connectivity index (χ0n) is 7.51. The first kappa shape index (κ1) is 8.14. The van der Waals surface area contributed by atoms with Gasteiger partial charge in [0.15, 0.2) is 0 Å². The van der Waals surface area contributed by atoms with Crippen LogP contribution < -0.4 is 0 Å².